The van der Waals surface area contributed by atoms with Gasteiger partial charge in [-0.15, -0.1) is 0 Å². The number of hydrogen-bond donors (Lipinski definition) is 0. The van der Waals surface area contributed by atoms with Crippen molar-refractivity contribution in [3.05, 3.63) is 88.5 Å². The van der Waals surface area contributed by atoms with Crippen molar-refractivity contribution in [2.75, 3.05) is 0 Å². The molecular formula is C20H12N2O2. The molecule has 4 heteroatoms. The van der Waals surface area contributed by atoms with Crippen LogP contribution in [0.25, 0.3) is 21.8 Å². The summed E-state index contributed by atoms with van der Waals surface area (Å²) in [6.07, 6.45) is 0. The highest BCUT2D eigenvalue weighted by Crippen LogP contribution is 2.27. The number of hydrogen-bond acceptors (Lipinski definition) is 2. The smallest absolute Gasteiger partial charge is 0.268 e. The van der Waals surface area contributed by atoms with E-state index in [1.165, 1.54) is 12.1 Å². The molecule has 0 amide bonds. The summed E-state index contributed by atoms with van der Waals surface area (Å²) in [4.78, 5) is 10.3. The van der Waals surface area contributed by atoms with E-state index >= 15 is 0 Å². The van der Waals surface area contributed by atoms with Crippen molar-refractivity contribution in [2.45, 2.75) is 0 Å². The number of fused-ring (bicyclic) bond motifs is 3. The molecule has 114 valence electrons. The highest BCUT2D eigenvalue weighted by atomic mass is 16.6. The molecule has 0 spiro atoms. The first kappa shape index (κ1) is 14.0. The summed E-state index contributed by atoms with van der Waals surface area (Å²) in [5, 5.41) is 13.0. The van der Waals surface area contributed by atoms with E-state index in [9.17, 15) is 10.1 Å². The largest absolute Gasteiger partial charge is 0.269 e. The third kappa shape index (κ3) is 2.29. The van der Waals surface area contributed by atoms with E-state index in [2.05, 4.69) is 24.1 Å². The van der Waals surface area contributed by atoms with Crippen LogP contribution >= 0.6 is 0 Å². The topological polar surface area (TPSA) is 48.1 Å². The number of aromatic nitrogens is 1. The molecular weight excluding hydrogens is 300 g/mol. The van der Waals surface area contributed by atoms with Gasteiger partial charge in [-0.05, 0) is 30.2 Å². The number of non-ortho nitro benzene ring substituents is 1. The minimum atomic E-state index is -0.413. The molecule has 4 rings (SSSR count). The van der Waals surface area contributed by atoms with E-state index < -0.39 is 4.92 Å². The highest BCUT2D eigenvalue weighted by molar-refractivity contribution is 6.08. The lowest BCUT2D eigenvalue weighted by molar-refractivity contribution is -0.384. The second-order valence-electron chi connectivity index (χ2n) is 5.41. The average molecular weight is 312 g/mol. The number of rotatable bonds is 1. The third-order valence-electron chi connectivity index (χ3n) is 3.97. The van der Waals surface area contributed by atoms with Crippen molar-refractivity contribution >= 4 is 27.5 Å². The van der Waals surface area contributed by atoms with E-state index in [1.807, 2.05) is 41.0 Å². The fraction of sp³-hybridized carbons (Fsp3) is 0. The molecule has 0 N–H and O–H groups in total. The number of para-hydroxylation sites is 2. The van der Waals surface area contributed by atoms with Crippen molar-refractivity contribution < 1.29 is 4.92 Å². The number of nitro groups is 1. The molecule has 0 bridgehead atoms. The Morgan fingerprint density at radius 3 is 1.88 bits per heavy atom. The van der Waals surface area contributed by atoms with Gasteiger partial charge in [-0.25, -0.2) is 0 Å². The number of benzene rings is 3. The monoisotopic (exact) mass is 312 g/mol. The molecule has 0 unspecified atom stereocenters. The summed E-state index contributed by atoms with van der Waals surface area (Å²) in [6.45, 7) is 0. The Kier molecular flexibility index (Phi) is 3.25. The molecule has 1 heterocycles. The minimum absolute atomic E-state index is 0.0670. The SMILES string of the molecule is O=[N+]([O-])c1ccc(C#Cn2c3ccccc3c3ccccc32)cc1. The molecule has 4 nitrogen and oxygen atoms in total. The normalized spacial score (nSPS) is 10.5. The van der Waals surface area contributed by atoms with Crippen LogP contribution in [-0.4, -0.2) is 9.49 Å². The predicted octanol–water partition coefficient (Wildman–Crippen LogP) is 4.56. The van der Waals surface area contributed by atoms with Gasteiger partial charge in [0, 0.05) is 34.5 Å². The summed E-state index contributed by atoms with van der Waals surface area (Å²) in [6, 6.07) is 25.7. The molecule has 0 radical (unpaired) electrons. The summed E-state index contributed by atoms with van der Waals surface area (Å²) in [5.74, 6) is 3.09. The molecule has 3 aromatic carbocycles. The first-order chi connectivity index (χ1) is 11.7. The Hall–Kier alpha value is -3.58. The van der Waals surface area contributed by atoms with Gasteiger partial charge < -0.3 is 0 Å². The molecule has 0 aliphatic carbocycles. The van der Waals surface area contributed by atoms with Gasteiger partial charge in [-0.2, -0.15) is 0 Å². The lowest BCUT2D eigenvalue weighted by Gasteiger charge is -1.96. The van der Waals surface area contributed by atoms with Gasteiger partial charge in [0.15, 0.2) is 0 Å². The zero-order valence-electron chi connectivity index (χ0n) is 12.6. The summed E-state index contributed by atoms with van der Waals surface area (Å²) < 4.78 is 1.96. The highest BCUT2D eigenvalue weighted by Gasteiger charge is 2.07. The summed E-state index contributed by atoms with van der Waals surface area (Å²) in [5.41, 5.74) is 2.90. The fourth-order valence-electron chi connectivity index (χ4n) is 2.83. The summed E-state index contributed by atoms with van der Waals surface area (Å²) in [7, 11) is 0. The van der Waals surface area contributed by atoms with Crippen LogP contribution in [0.4, 0.5) is 5.69 Å². The Bertz CT molecular complexity index is 1080. The third-order valence-corrected chi connectivity index (χ3v) is 3.97. The first-order valence-corrected chi connectivity index (χ1v) is 7.49. The molecule has 0 saturated carbocycles. The molecule has 0 aliphatic heterocycles. The van der Waals surface area contributed by atoms with Crippen molar-refractivity contribution in [2.24, 2.45) is 0 Å². The maximum atomic E-state index is 10.7. The van der Waals surface area contributed by atoms with Gasteiger partial charge in [0.05, 0.1) is 16.0 Å². The van der Waals surface area contributed by atoms with E-state index in [4.69, 9.17) is 0 Å². The van der Waals surface area contributed by atoms with Crippen LogP contribution in [0, 0.1) is 22.1 Å². The van der Waals surface area contributed by atoms with Crippen LogP contribution in [0.5, 0.6) is 0 Å². The molecule has 4 aromatic rings. The van der Waals surface area contributed by atoms with E-state index in [0.717, 1.165) is 27.4 Å². The number of nitro benzene ring substituents is 1. The lowest BCUT2D eigenvalue weighted by Crippen LogP contribution is -1.89. The summed E-state index contributed by atoms with van der Waals surface area (Å²) >= 11 is 0. The van der Waals surface area contributed by atoms with Crippen LogP contribution in [0.3, 0.4) is 0 Å². The van der Waals surface area contributed by atoms with E-state index in [1.54, 1.807) is 12.1 Å². The second-order valence-corrected chi connectivity index (χ2v) is 5.41. The van der Waals surface area contributed by atoms with Crippen LogP contribution in [-0.2, 0) is 0 Å². The maximum Gasteiger partial charge on any atom is 0.269 e. The quantitative estimate of drug-likeness (QED) is 0.294. The second kappa shape index (κ2) is 5.56. The maximum absolute atomic E-state index is 10.7. The molecule has 0 fully saturated rings. The van der Waals surface area contributed by atoms with Crippen molar-refractivity contribution in [1.29, 1.82) is 0 Å². The van der Waals surface area contributed by atoms with Crippen molar-refractivity contribution in [1.82, 2.24) is 4.57 Å². The lowest BCUT2D eigenvalue weighted by atomic mass is 10.2. The van der Waals surface area contributed by atoms with Gasteiger partial charge in [-0.3, -0.25) is 14.7 Å². The molecule has 0 atom stereocenters. The van der Waals surface area contributed by atoms with E-state index in [-0.39, 0.29) is 5.69 Å². The van der Waals surface area contributed by atoms with Crippen LogP contribution in [0.2, 0.25) is 0 Å². The zero-order chi connectivity index (χ0) is 16.5. The standard InChI is InChI=1S/C20H12N2O2/c23-22(24)16-11-9-15(10-12-16)13-14-21-19-7-3-1-5-17(19)18-6-2-4-8-20(18)21/h1-12H. The molecule has 1 aromatic heterocycles. The Labute approximate surface area is 138 Å². The Balaban J connectivity index is 1.86. The van der Waals surface area contributed by atoms with Gasteiger partial charge in [0.25, 0.3) is 5.69 Å². The molecule has 24 heavy (non-hydrogen) atoms. The van der Waals surface area contributed by atoms with Crippen molar-refractivity contribution in [3.63, 3.8) is 0 Å². The number of nitrogens with zero attached hydrogens (tertiary/aromatic N) is 2. The molecule has 0 aliphatic rings. The Morgan fingerprint density at radius 1 is 0.792 bits per heavy atom. The zero-order valence-corrected chi connectivity index (χ0v) is 12.6. The molecule has 0 saturated heterocycles. The van der Waals surface area contributed by atoms with Crippen LogP contribution < -0.4 is 0 Å². The predicted molar refractivity (Wildman–Crippen MR) is 94.8 cm³/mol. The first-order valence-electron chi connectivity index (χ1n) is 7.49. The Morgan fingerprint density at radius 2 is 1.33 bits per heavy atom. The minimum Gasteiger partial charge on any atom is -0.268 e. The van der Waals surface area contributed by atoms with E-state index in [0.29, 0.717) is 0 Å². The van der Waals surface area contributed by atoms with Crippen LogP contribution in [0.15, 0.2) is 72.8 Å². The van der Waals surface area contributed by atoms with Gasteiger partial charge >= 0.3 is 0 Å². The van der Waals surface area contributed by atoms with Gasteiger partial charge in [0.1, 0.15) is 0 Å². The van der Waals surface area contributed by atoms with Gasteiger partial charge in [-0.1, -0.05) is 36.4 Å². The van der Waals surface area contributed by atoms with Crippen molar-refractivity contribution in [3.8, 4) is 12.0 Å². The van der Waals surface area contributed by atoms with Crippen LogP contribution in [0.1, 0.15) is 5.56 Å². The van der Waals surface area contributed by atoms with Gasteiger partial charge in [0.2, 0.25) is 0 Å². The fourth-order valence-corrected chi connectivity index (χ4v) is 2.83. The average Bonchev–Trinajstić information content (AvgIpc) is 2.94.